The third-order valence-electron chi connectivity index (χ3n) is 5.07. The molecule has 32 heavy (non-hydrogen) atoms. The summed E-state index contributed by atoms with van der Waals surface area (Å²) in [6, 6.07) is 7.48. The van der Waals surface area contributed by atoms with Crippen LogP contribution in [0.15, 0.2) is 35.1 Å². The summed E-state index contributed by atoms with van der Waals surface area (Å²) in [5.74, 6) is -0.825. The Bertz CT molecular complexity index is 1200. The van der Waals surface area contributed by atoms with Crippen molar-refractivity contribution in [3.8, 4) is 10.6 Å². The van der Waals surface area contributed by atoms with Gasteiger partial charge < -0.3 is 26.4 Å². The van der Waals surface area contributed by atoms with Gasteiger partial charge in [-0.2, -0.15) is 9.61 Å². The Morgan fingerprint density at radius 2 is 2.06 bits per heavy atom. The summed E-state index contributed by atoms with van der Waals surface area (Å²) in [6.07, 6.45) is 0.0374. The maximum atomic E-state index is 12.6. The molecule has 0 spiro atoms. The van der Waals surface area contributed by atoms with Crippen LogP contribution in [0.5, 0.6) is 0 Å². The number of hydrogen-bond acceptors (Lipinski definition) is 9. The van der Waals surface area contributed by atoms with Crippen molar-refractivity contribution in [3.05, 3.63) is 40.7 Å². The first-order valence-corrected chi connectivity index (χ1v) is 11.0. The summed E-state index contributed by atoms with van der Waals surface area (Å²) < 4.78 is 1.28. The molecule has 4 rings (SSSR count). The predicted molar refractivity (Wildman–Crippen MR) is 121 cm³/mol. The van der Waals surface area contributed by atoms with Gasteiger partial charge >= 0.3 is 5.97 Å². The molecular formula is C20H23N7O4S. The molecule has 1 aliphatic rings. The van der Waals surface area contributed by atoms with Crippen LogP contribution >= 0.6 is 11.3 Å². The van der Waals surface area contributed by atoms with Crippen LogP contribution in [0, 0.1) is 0 Å². The van der Waals surface area contributed by atoms with Gasteiger partial charge in [-0.3, -0.25) is 14.4 Å². The van der Waals surface area contributed by atoms with Gasteiger partial charge in [-0.15, -0.1) is 0 Å². The second kappa shape index (κ2) is 9.42. The van der Waals surface area contributed by atoms with E-state index < -0.39 is 12.0 Å². The minimum Gasteiger partial charge on any atom is -0.480 e. The maximum absolute atomic E-state index is 12.6. The molecule has 0 radical (unpaired) electrons. The number of fused-ring (bicyclic) bond motifs is 1. The van der Waals surface area contributed by atoms with E-state index >= 15 is 0 Å². The van der Waals surface area contributed by atoms with Crippen LogP contribution in [0.25, 0.3) is 15.5 Å². The van der Waals surface area contributed by atoms with Crippen molar-refractivity contribution in [3.63, 3.8) is 0 Å². The minimum absolute atomic E-state index is 0.00700. The number of aliphatic carboxylic acids is 1. The summed E-state index contributed by atoms with van der Waals surface area (Å²) in [5, 5.41) is 19.8. The summed E-state index contributed by atoms with van der Waals surface area (Å²) in [4.78, 5) is 42.7. The van der Waals surface area contributed by atoms with Gasteiger partial charge in [-0.25, -0.2) is 4.98 Å². The van der Waals surface area contributed by atoms with E-state index in [2.05, 4.69) is 25.6 Å². The average Bonchev–Trinajstić information content (AvgIpc) is 3.23. The Balaban J connectivity index is 1.53. The number of nitrogens with zero attached hydrogens (tertiary/aromatic N) is 4. The first-order chi connectivity index (χ1) is 15.4. The summed E-state index contributed by atoms with van der Waals surface area (Å²) >= 11 is 1.29. The predicted octanol–water partition coefficient (Wildman–Crippen LogP) is 0.358. The lowest BCUT2D eigenvalue weighted by Crippen LogP contribution is -2.44. The molecule has 3 aromatic rings. The molecule has 1 saturated heterocycles. The Morgan fingerprint density at radius 1 is 1.28 bits per heavy atom. The van der Waals surface area contributed by atoms with Crippen LogP contribution in [0.2, 0.25) is 0 Å². The number of carbonyl (C=O) groups excluding carboxylic acids is 1. The van der Waals surface area contributed by atoms with Gasteiger partial charge in [0.15, 0.2) is 0 Å². The Kier molecular flexibility index (Phi) is 6.44. The van der Waals surface area contributed by atoms with E-state index in [0.717, 1.165) is 31.7 Å². The molecule has 0 bridgehead atoms. The second-order valence-corrected chi connectivity index (χ2v) is 8.36. The molecule has 1 atom stereocenters. The molecule has 1 aliphatic heterocycles. The SMILES string of the molecule is N[C@@H](CCC(=O)Nc1cccc(-c2nn3c(=O)cc(N4CCNCC4)nc3s2)c1)C(=O)O. The molecule has 5 N–H and O–H groups in total. The largest absolute Gasteiger partial charge is 0.480 e. The first-order valence-electron chi connectivity index (χ1n) is 10.2. The van der Waals surface area contributed by atoms with E-state index in [0.29, 0.717) is 21.5 Å². The monoisotopic (exact) mass is 457 g/mol. The zero-order valence-corrected chi connectivity index (χ0v) is 18.0. The summed E-state index contributed by atoms with van der Waals surface area (Å²) in [6.45, 7) is 3.26. The van der Waals surface area contributed by atoms with E-state index in [1.54, 1.807) is 18.2 Å². The highest BCUT2D eigenvalue weighted by atomic mass is 32.1. The highest BCUT2D eigenvalue weighted by Crippen LogP contribution is 2.27. The maximum Gasteiger partial charge on any atom is 0.320 e. The van der Waals surface area contributed by atoms with Gasteiger partial charge in [0.25, 0.3) is 5.56 Å². The van der Waals surface area contributed by atoms with Crippen LogP contribution in [0.4, 0.5) is 11.5 Å². The lowest BCUT2D eigenvalue weighted by molar-refractivity contribution is -0.138. The fourth-order valence-corrected chi connectivity index (χ4v) is 4.23. The van der Waals surface area contributed by atoms with Crippen molar-refractivity contribution < 1.29 is 14.7 Å². The Hall–Kier alpha value is -3.35. The number of piperazine rings is 1. The molecule has 0 unspecified atom stereocenters. The van der Waals surface area contributed by atoms with Gasteiger partial charge in [-0.05, 0) is 18.6 Å². The number of nitrogens with one attached hydrogen (secondary N) is 2. The number of hydrogen-bond donors (Lipinski definition) is 4. The quantitative estimate of drug-likeness (QED) is 0.393. The fourth-order valence-electron chi connectivity index (χ4n) is 3.34. The average molecular weight is 458 g/mol. The van der Waals surface area contributed by atoms with Gasteiger partial charge in [0.2, 0.25) is 10.9 Å². The third kappa shape index (κ3) is 4.93. The van der Waals surface area contributed by atoms with Gasteiger partial charge in [0.1, 0.15) is 16.9 Å². The molecule has 1 fully saturated rings. The number of carboxylic acid groups (broad SMARTS) is 1. The molecule has 0 aliphatic carbocycles. The molecule has 1 aromatic carbocycles. The Labute approximate surface area is 186 Å². The van der Waals surface area contributed by atoms with Crippen LogP contribution in [0.3, 0.4) is 0 Å². The number of aromatic nitrogens is 3. The standard InChI is InChI=1S/C20H23N7O4S/c21-14(19(30)31)4-5-16(28)23-13-3-1-2-12(10-13)18-25-27-17(29)11-15(24-20(27)32-18)26-8-6-22-7-9-26/h1-3,10-11,14,22H,4-9,21H2,(H,23,28)(H,30,31)/t14-/m0/s1. The van der Waals surface area contributed by atoms with E-state index in [1.807, 2.05) is 6.07 Å². The molecule has 12 heteroatoms. The fraction of sp³-hybridized carbons (Fsp3) is 0.350. The van der Waals surface area contributed by atoms with Crippen LogP contribution < -0.4 is 26.8 Å². The molecule has 0 saturated carbocycles. The Morgan fingerprint density at radius 3 is 2.81 bits per heavy atom. The number of benzene rings is 1. The number of carboxylic acids is 1. The molecule has 1 amide bonds. The number of carbonyl (C=O) groups is 2. The molecular weight excluding hydrogens is 434 g/mol. The lowest BCUT2D eigenvalue weighted by Gasteiger charge is -2.27. The first kappa shape index (κ1) is 21.9. The molecule has 11 nitrogen and oxygen atoms in total. The number of amides is 1. The van der Waals surface area contributed by atoms with Crippen molar-refractivity contribution in [2.45, 2.75) is 18.9 Å². The van der Waals surface area contributed by atoms with Crippen LogP contribution in [0.1, 0.15) is 12.8 Å². The molecule has 3 heterocycles. The second-order valence-electron chi connectivity index (χ2n) is 7.40. The van der Waals surface area contributed by atoms with Crippen molar-refractivity contribution in [2.24, 2.45) is 5.73 Å². The van der Waals surface area contributed by atoms with Crippen molar-refractivity contribution in [2.75, 3.05) is 36.4 Å². The van der Waals surface area contributed by atoms with Crippen molar-refractivity contribution >= 4 is 39.7 Å². The summed E-state index contributed by atoms with van der Waals surface area (Å²) in [5.41, 5.74) is 6.46. The lowest BCUT2D eigenvalue weighted by atomic mass is 10.1. The van der Waals surface area contributed by atoms with Crippen molar-refractivity contribution in [1.29, 1.82) is 0 Å². The van der Waals surface area contributed by atoms with E-state index in [1.165, 1.54) is 21.9 Å². The number of nitrogens with two attached hydrogens (primary N) is 1. The third-order valence-corrected chi connectivity index (χ3v) is 6.02. The van der Waals surface area contributed by atoms with E-state index in [4.69, 9.17) is 10.8 Å². The van der Waals surface area contributed by atoms with Crippen molar-refractivity contribution in [1.82, 2.24) is 19.9 Å². The van der Waals surface area contributed by atoms with Gasteiger partial charge in [-0.1, -0.05) is 23.5 Å². The number of anilines is 2. The number of rotatable bonds is 7. The normalized spacial score (nSPS) is 15.0. The zero-order chi connectivity index (χ0) is 22.7. The van der Waals surface area contributed by atoms with E-state index in [-0.39, 0.29) is 24.3 Å². The topological polar surface area (TPSA) is 155 Å². The highest BCUT2D eigenvalue weighted by molar-refractivity contribution is 7.19. The minimum atomic E-state index is -1.14. The van der Waals surface area contributed by atoms with E-state index in [9.17, 15) is 14.4 Å². The zero-order valence-electron chi connectivity index (χ0n) is 17.2. The highest BCUT2D eigenvalue weighted by Gasteiger charge is 2.17. The van der Waals surface area contributed by atoms with Crippen LogP contribution in [-0.2, 0) is 9.59 Å². The smallest absolute Gasteiger partial charge is 0.320 e. The van der Waals surface area contributed by atoms with Gasteiger partial charge in [0, 0.05) is 49.9 Å². The molecule has 168 valence electrons. The van der Waals surface area contributed by atoms with Crippen LogP contribution in [-0.4, -0.2) is 63.8 Å². The molecule has 2 aromatic heterocycles. The van der Waals surface area contributed by atoms with Gasteiger partial charge in [0.05, 0.1) is 0 Å². The summed E-state index contributed by atoms with van der Waals surface area (Å²) in [7, 11) is 0.